The number of methoxy groups -OCH3 is 1. The summed E-state index contributed by atoms with van der Waals surface area (Å²) in [6, 6.07) is 7.72. The van der Waals surface area contributed by atoms with Crippen molar-refractivity contribution in [2.75, 3.05) is 26.8 Å². The highest BCUT2D eigenvalue weighted by Gasteiger charge is 2.11. The van der Waals surface area contributed by atoms with Gasteiger partial charge >= 0.3 is 0 Å². The molecule has 0 spiro atoms. The van der Waals surface area contributed by atoms with Gasteiger partial charge in [-0.15, -0.1) is 0 Å². The van der Waals surface area contributed by atoms with Crippen LogP contribution in [0.2, 0.25) is 0 Å². The van der Waals surface area contributed by atoms with Crippen molar-refractivity contribution < 1.29 is 14.7 Å². The molecular formula is C14H23N3O3. The number of rotatable bonds is 8. The largest absolute Gasteiger partial charge is 0.497 e. The molecule has 0 bridgehead atoms. The van der Waals surface area contributed by atoms with Crippen LogP contribution in [0.25, 0.3) is 0 Å². The molecule has 0 aliphatic heterocycles. The summed E-state index contributed by atoms with van der Waals surface area (Å²) < 4.78 is 10.7. The lowest BCUT2D eigenvalue weighted by molar-refractivity contribution is 0.193. The van der Waals surface area contributed by atoms with Gasteiger partial charge in [0, 0.05) is 12.6 Å². The van der Waals surface area contributed by atoms with Gasteiger partial charge in [-0.25, -0.2) is 0 Å². The molecule has 0 aromatic heterocycles. The maximum Gasteiger partial charge on any atom is 0.153 e. The van der Waals surface area contributed by atoms with Crippen LogP contribution in [-0.4, -0.2) is 48.8 Å². The van der Waals surface area contributed by atoms with E-state index in [1.807, 2.05) is 24.3 Å². The predicted molar refractivity (Wildman–Crippen MR) is 78.6 cm³/mol. The van der Waals surface area contributed by atoms with Gasteiger partial charge in [0.2, 0.25) is 0 Å². The van der Waals surface area contributed by atoms with Crippen molar-refractivity contribution in [1.29, 1.82) is 0 Å². The van der Waals surface area contributed by atoms with Crippen molar-refractivity contribution in [3.8, 4) is 11.5 Å². The summed E-state index contributed by atoms with van der Waals surface area (Å²) in [5, 5.41) is 11.6. The molecule has 0 amide bonds. The van der Waals surface area contributed by atoms with Gasteiger partial charge in [-0.3, -0.25) is 4.90 Å². The lowest BCUT2D eigenvalue weighted by atomic mass is 10.3. The molecule has 0 fully saturated rings. The van der Waals surface area contributed by atoms with E-state index in [9.17, 15) is 0 Å². The summed E-state index contributed by atoms with van der Waals surface area (Å²) in [4.78, 5) is 2.07. The number of nitrogens with zero attached hydrogens (tertiary/aromatic N) is 2. The first-order chi connectivity index (χ1) is 9.56. The van der Waals surface area contributed by atoms with Gasteiger partial charge in [-0.05, 0) is 38.1 Å². The van der Waals surface area contributed by atoms with Gasteiger partial charge in [-0.2, -0.15) is 0 Å². The number of hydrogen-bond acceptors (Lipinski definition) is 5. The second-order valence-electron chi connectivity index (χ2n) is 4.68. The molecule has 20 heavy (non-hydrogen) atoms. The Morgan fingerprint density at radius 2 is 1.90 bits per heavy atom. The molecular weight excluding hydrogens is 258 g/mol. The lowest BCUT2D eigenvalue weighted by Crippen LogP contribution is -2.40. The van der Waals surface area contributed by atoms with Crippen molar-refractivity contribution in [3.05, 3.63) is 24.3 Å². The van der Waals surface area contributed by atoms with E-state index in [0.717, 1.165) is 11.5 Å². The molecule has 1 aromatic rings. The minimum absolute atomic E-state index is 0.197. The molecule has 6 nitrogen and oxygen atoms in total. The first-order valence-electron chi connectivity index (χ1n) is 6.54. The van der Waals surface area contributed by atoms with Crippen LogP contribution in [0.1, 0.15) is 13.8 Å². The third-order valence-corrected chi connectivity index (χ3v) is 2.93. The SMILES string of the molecule is COc1ccc(OCCN(CC(N)=NO)C(C)C)cc1. The summed E-state index contributed by atoms with van der Waals surface area (Å²) in [5.74, 6) is 1.79. The Kier molecular flexibility index (Phi) is 6.66. The highest BCUT2D eigenvalue weighted by molar-refractivity contribution is 5.81. The minimum Gasteiger partial charge on any atom is -0.497 e. The minimum atomic E-state index is 0.197. The van der Waals surface area contributed by atoms with Gasteiger partial charge < -0.3 is 20.4 Å². The van der Waals surface area contributed by atoms with Gasteiger partial charge in [-0.1, -0.05) is 5.16 Å². The maximum atomic E-state index is 8.61. The van der Waals surface area contributed by atoms with E-state index < -0.39 is 0 Å². The first-order valence-corrected chi connectivity index (χ1v) is 6.54. The average molecular weight is 281 g/mol. The van der Waals surface area contributed by atoms with E-state index in [-0.39, 0.29) is 11.9 Å². The summed E-state index contributed by atoms with van der Waals surface area (Å²) in [6.45, 7) is 5.75. The zero-order valence-corrected chi connectivity index (χ0v) is 12.2. The normalized spacial score (nSPS) is 11.9. The van der Waals surface area contributed by atoms with Crippen LogP contribution in [0.3, 0.4) is 0 Å². The van der Waals surface area contributed by atoms with Crippen LogP contribution < -0.4 is 15.2 Å². The van der Waals surface area contributed by atoms with Gasteiger partial charge in [0.15, 0.2) is 5.84 Å². The van der Waals surface area contributed by atoms with Crippen LogP contribution in [0.4, 0.5) is 0 Å². The fourth-order valence-electron chi connectivity index (χ4n) is 1.71. The Morgan fingerprint density at radius 3 is 2.40 bits per heavy atom. The standard InChI is InChI=1S/C14H23N3O3/c1-11(2)17(10-14(15)16-18)8-9-20-13-6-4-12(19-3)5-7-13/h4-7,11,18H,8-10H2,1-3H3,(H2,15,16). The van der Waals surface area contributed by atoms with Crippen LogP contribution in [-0.2, 0) is 0 Å². The summed E-state index contributed by atoms with van der Waals surface area (Å²) in [5.41, 5.74) is 5.53. The molecule has 0 radical (unpaired) electrons. The quantitative estimate of drug-likeness (QED) is 0.327. The highest BCUT2D eigenvalue weighted by atomic mass is 16.5. The first kappa shape index (κ1) is 16.1. The molecule has 6 heteroatoms. The molecule has 0 aliphatic rings. The fourth-order valence-corrected chi connectivity index (χ4v) is 1.71. The van der Waals surface area contributed by atoms with Gasteiger partial charge in [0.1, 0.15) is 18.1 Å². The molecule has 0 unspecified atom stereocenters. The van der Waals surface area contributed by atoms with Crippen LogP contribution >= 0.6 is 0 Å². The zero-order valence-electron chi connectivity index (χ0n) is 12.2. The van der Waals surface area contributed by atoms with Crippen molar-refractivity contribution >= 4 is 5.84 Å². The molecule has 3 N–H and O–H groups in total. The average Bonchev–Trinajstić information content (AvgIpc) is 2.46. The lowest BCUT2D eigenvalue weighted by Gasteiger charge is -2.25. The second-order valence-corrected chi connectivity index (χ2v) is 4.68. The number of ether oxygens (including phenoxy) is 2. The molecule has 0 heterocycles. The number of oxime groups is 1. The zero-order chi connectivity index (χ0) is 15.0. The Balaban J connectivity index is 2.43. The molecule has 0 atom stereocenters. The third-order valence-electron chi connectivity index (χ3n) is 2.93. The van der Waals surface area contributed by atoms with E-state index in [1.165, 1.54) is 0 Å². The van der Waals surface area contributed by atoms with Crippen LogP contribution in [0.15, 0.2) is 29.4 Å². The summed E-state index contributed by atoms with van der Waals surface area (Å²) in [6.07, 6.45) is 0. The maximum absolute atomic E-state index is 8.61. The number of benzene rings is 1. The summed E-state index contributed by atoms with van der Waals surface area (Å²) in [7, 11) is 1.63. The Morgan fingerprint density at radius 1 is 1.30 bits per heavy atom. The molecule has 1 aromatic carbocycles. The van der Waals surface area contributed by atoms with E-state index in [1.54, 1.807) is 7.11 Å². The molecule has 0 saturated carbocycles. The Labute approximate surface area is 119 Å². The number of hydrogen-bond donors (Lipinski definition) is 2. The van der Waals surface area contributed by atoms with Crippen LogP contribution in [0.5, 0.6) is 11.5 Å². The monoisotopic (exact) mass is 281 g/mol. The molecule has 1 rings (SSSR count). The van der Waals surface area contributed by atoms with Crippen molar-refractivity contribution in [1.82, 2.24) is 4.90 Å². The van der Waals surface area contributed by atoms with E-state index >= 15 is 0 Å². The topological polar surface area (TPSA) is 80.3 Å². The number of nitrogens with two attached hydrogens (primary N) is 1. The van der Waals surface area contributed by atoms with Gasteiger partial charge in [0.25, 0.3) is 0 Å². The fraction of sp³-hybridized carbons (Fsp3) is 0.500. The summed E-state index contributed by atoms with van der Waals surface area (Å²) >= 11 is 0. The van der Waals surface area contributed by atoms with E-state index in [2.05, 4.69) is 23.9 Å². The highest BCUT2D eigenvalue weighted by Crippen LogP contribution is 2.16. The van der Waals surface area contributed by atoms with Crippen molar-refractivity contribution in [2.45, 2.75) is 19.9 Å². The Hall–Kier alpha value is -1.95. The van der Waals surface area contributed by atoms with Crippen LogP contribution in [0, 0.1) is 0 Å². The molecule has 0 aliphatic carbocycles. The van der Waals surface area contributed by atoms with E-state index in [4.69, 9.17) is 20.4 Å². The Bertz CT molecular complexity index is 418. The molecule has 0 saturated heterocycles. The van der Waals surface area contributed by atoms with E-state index in [0.29, 0.717) is 19.7 Å². The second kappa shape index (κ2) is 8.27. The number of amidine groups is 1. The van der Waals surface area contributed by atoms with Gasteiger partial charge in [0.05, 0.1) is 13.7 Å². The van der Waals surface area contributed by atoms with Crippen molar-refractivity contribution in [2.24, 2.45) is 10.9 Å². The van der Waals surface area contributed by atoms with Crippen molar-refractivity contribution in [3.63, 3.8) is 0 Å². The third kappa shape index (κ3) is 5.36. The smallest absolute Gasteiger partial charge is 0.153 e. The molecule has 112 valence electrons. The predicted octanol–water partition coefficient (Wildman–Crippen LogP) is 1.53.